The van der Waals surface area contributed by atoms with Crippen molar-refractivity contribution in [1.82, 2.24) is 29.8 Å². The molecule has 6 rings (SSSR count). The Bertz CT molecular complexity index is 1580. The van der Waals surface area contributed by atoms with E-state index in [2.05, 4.69) is 27.4 Å². The van der Waals surface area contributed by atoms with Crippen LogP contribution in [0.5, 0.6) is 0 Å². The van der Waals surface area contributed by atoms with Crippen molar-refractivity contribution in [3.63, 3.8) is 0 Å². The third-order valence-corrected chi connectivity index (χ3v) is 7.77. The van der Waals surface area contributed by atoms with Gasteiger partial charge in [-0.3, -0.25) is 24.1 Å². The first-order chi connectivity index (χ1) is 18.9. The molecule has 10 nitrogen and oxygen atoms in total. The summed E-state index contributed by atoms with van der Waals surface area (Å²) < 4.78 is 1.59. The van der Waals surface area contributed by atoms with Crippen LogP contribution in [0.25, 0.3) is 0 Å². The molecule has 0 unspecified atom stereocenters. The van der Waals surface area contributed by atoms with Crippen molar-refractivity contribution in [2.45, 2.75) is 51.2 Å². The van der Waals surface area contributed by atoms with E-state index in [4.69, 9.17) is 15.7 Å². The number of nitrogens with zero attached hydrogens (tertiary/aromatic N) is 6. The average Bonchev–Trinajstić information content (AvgIpc) is 3.30. The standard InChI is InChI=1S/C29H30N8O2/c1-17-20(9-12-23(30)35-17)15-34-28(38)22-11-10-21-16-33-27(29(39)37(21)22)36(2)26-24-18(5-3-13-31-24)7-8-19-6-4-14-32-25(19)26/h3-6,9,12-14,16,22,26H,7-8,10-11,15H2,1-2H3,(H2,30,35)(H,34,38)/t22-/m0/s1. The highest BCUT2D eigenvalue weighted by molar-refractivity contribution is 5.81. The molecule has 0 radical (unpaired) electrons. The van der Waals surface area contributed by atoms with Crippen LogP contribution in [0.15, 0.2) is 59.8 Å². The van der Waals surface area contributed by atoms with E-state index in [0.717, 1.165) is 52.3 Å². The number of aromatic nitrogens is 5. The topological polar surface area (TPSA) is 132 Å². The summed E-state index contributed by atoms with van der Waals surface area (Å²) in [7, 11) is 1.85. The van der Waals surface area contributed by atoms with E-state index < -0.39 is 6.04 Å². The highest BCUT2D eigenvalue weighted by atomic mass is 16.2. The Balaban J connectivity index is 1.33. The lowest BCUT2D eigenvalue weighted by molar-refractivity contribution is -0.124. The Kier molecular flexibility index (Phi) is 6.30. The summed E-state index contributed by atoms with van der Waals surface area (Å²) in [4.78, 5) is 47.4. The van der Waals surface area contributed by atoms with Crippen LogP contribution in [0.2, 0.25) is 0 Å². The summed E-state index contributed by atoms with van der Waals surface area (Å²) in [6.07, 6.45) is 8.08. The molecule has 3 N–H and O–H groups in total. The fourth-order valence-corrected chi connectivity index (χ4v) is 5.72. The van der Waals surface area contributed by atoms with Crippen LogP contribution in [-0.2, 0) is 30.6 Å². The number of aryl methyl sites for hydroxylation is 4. The van der Waals surface area contributed by atoms with Crippen molar-refractivity contribution in [1.29, 1.82) is 0 Å². The summed E-state index contributed by atoms with van der Waals surface area (Å²) in [6, 6.07) is 10.6. The number of nitrogens with one attached hydrogen (secondary N) is 1. The molecule has 0 spiro atoms. The Morgan fingerprint density at radius 2 is 1.74 bits per heavy atom. The molecule has 1 aliphatic carbocycles. The maximum atomic E-state index is 13.9. The zero-order chi connectivity index (χ0) is 27.1. The Labute approximate surface area is 226 Å². The van der Waals surface area contributed by atoms with Gasteiger partial charge in [0.25, 0.3) is 5.56 Å². The summed E-state index contributed by atoms with van der Waals surface area (Å²) in [5.74, 6) is 0.491. The van der Waals surface area contributed by atoms with E-state index in [0.29, 0.717) is 25.2 Å². The number of carbonyl (C=O) groups is 1. The molecule has 0 bridgehead atoms. The number of rotatable bonds is 5. The van der Waals surface area contributed by atoms with E-state index in [9.17, 15) is 9.59 Å². The molecule has 1 amide bonds. The largest absolute Gasteiger partial charge is 0.384 e. The van der Waals surface area contributed by atoms with Gasteiger partial charge in [-0.05, 0) is 67.5 Å². The summed E-state index contributed by atoms with van der Waals surface area (Å²) >= 11 is 0. The van der Waals surface area contributed by atoms with Crippen LogP contribution < -0.4 is 21.5 Å². The van der Waals surface area contributed by atoms with E-state index in [1.807, 2.05) is 37.1 Å². The molecule has 1 aliphatic heterocycles. The van der Waals surface area contributed by atoms with Crippen molar-refractivity contribution in [3.05, 3.63) is 105 Å². The van der Waals surface area contributed by atoms with Crippen molar-refractivity contribution in [2.75, 3.05) is 17.7 Å². The van der Waals surface area contributed by atoms with Gasteiger partial charge >= 0.3 is 0 Å². The predicted octanol–water partition coefficient (Wildman–Crippen LogP) is 2.45. The number of nitrogens with two attached hydrogens (primary N) is 1. The molecule has 0 saturated carbocycles. The minimum absolute atomic E-state index is 0.208. The monoisotopic (exact) mass is 522 g/mol. The van der Waals surface area contributed by atoms with Gasteiger partial charge in [-0.15, -0.1) is 0 Å². The SMILES string of the molecule is Cc1nc(N)ccc1CNC(=O)[C@@H]1CCc2cnc(N(C)C3c4ncccc4CCc4cccnc43)c(=O)n21. The Hall–Kier alpha value is -4.60. The fourth-order valence-electron chi connectivity index (χ4n) is 5.72. The van der Waals surface area contributed by atoms with E-state index in [-0.39, 0.29) is 23.3 Å². The van der Waals surface area contributed by atoms with Gasteiger partial charge in [0.2, 0.25) is 5.91 Å². The first kappa shape index (κ1) is 24.7. The highest BCUT2D eigenvalue weighted by Gasteiger charge is 2.35. The van der Waals surface area contributed by atoms with Crippen molar-refractivity contribution < 1.29 is 4.79 Å². The quantitative estimate of drug-likeness (QED) is 0.409. The van der Waals surface area contributed by atoms with Crippen LogP contribution in [0.1, 0.15) is 58.0 Å². The molecule has 0 saturated heterocycles. The lowest BCUT2D eigenvalue weighted by atomic mass is 10.0. The summed E-state index contributed by atoms with van der Waals surface area (Å²) in [6.45, 7) is 2.16. The van der Waals surface area contributed by atoms with E-state index in [1.165, 1.54) is 0 Å². The van der Waals surface area contributed by atoms with E-state index in [1.54, 1.807) is 29.2 Å². The number of hydrogen-bond acceptors (Lipinski definition) is 8. The van der Waals surface area contributed by atoms with E-state index >= 15 is 0 Å². The molecule has 4 aromatic heterocycles. The molecule has 198 valence electrons. The van der Waals surface area contributed by atoms with Gasteiger partial charge in [-0.25, -0.2) is 9.97 Å². The van der Waals surface area contributed by atoms with Gasteiger partial charge in [-0.1, -0.05) is 18.2 Å². The molecular weight excluding hydrogens is 492 g/mol. The molecule has 0 aromatic carbocycles. The molecule has 5 heterocycles. The molecule has 1 atom stereocenters. The highest BCUT2D eigenvalue weighted by Crippen LogP contribution is 2.35. The van der Waals surface area contributed by atoms with Gasteiger partial charge in [0.1, 0.15) is 17.9 Å². The second-order valence-electron chi connectivity index (χ2n) is 10.1. The van der Waals surface area contributed by atoms with Crippen LogP contribution >= 0.6 is 0 Å². The van der Waals surface area contributed by atoms with Gasteiger partial charge in [0, 0.05) is 43.6 Å². The minimum atomic E-state index is -0.616. The van der Waals surface area contributed by atoms with Gasteiger partial charge in [0.15, 0.2) is 5.82 Å². The van der Waals surface area contributed by atoms with Gasteiger partial charge < -0.3 is 16.0 Å². The number of nitrogen functional groups attached to an aromatic ring is 1. The summed E-state index contributed by atoms with van der Waals surface area (Å²) in [5, 5.41) is 2.98. The smallest absolute Gasteiger partial charge is 0.294 e. The molecule has 2 aliphatic rings. The van der Waals surface area contributed by atoms with Gasteiger partial charge in [0.05, 0.1) is 11.4 Å². The number of carbonyl (C=O) groups excluding carboxylic acids is 1. The Morgan fingerprint density at radius 1 is 1.05 bits per heavy atom. The number of hydrogen-bond donors (Lipinski definition) is 2. The first-order valence-corrected chi connectivity index (χ1v) is 13.1. The van der Waals surface area contributed by atoms with Crippen LogP contribution in [0.3, 0.4) is 0 Å². The second-order valence-corrected chi connectivity index (χ2v) is 10.1. The van der Waals surface area contributed by atoms with Crippen molar-refractivity contribution in [2.24, 2.45) is 0 Å². The zero-order valence-corrected chi connectivity index (χ0v) is 22.0. The average molecular weight is 523 g/mol. The fraction of sp³-hybridized carbons (Fsp3) is 0.310. The summed E-state index contributed by atoms with van der Waals surface area (Å²) in [5.41, 5.74) is 11.8. The maximum Gasteiger partial charge on any atom is 0.294 e. The number of anilines is 2. The Morgan fingerprint density at radius 3 is 2.41 bits per heavy atom. The molecule has 0 fully saturated rings. The normalized spacial score (nSPS) is 16.1. The predicted molar refractivity (Wildman–Crippen MR) is 147 cm³/mol. The maximum absolute atomic E-state index is 13.9. The number of amides is 1. The number of fused-ring (bicyclic) bond motifs is 3. The van der Waals surface area contributed by atoms with Crippen molar-refractivity contribution >= 4 is 17.5 Å². The zero-order valence-electron chi connectivity index (χ0n) is 22.0. The molecule has 39 heavy (non-hydrogen) atoms. The van der Waals surface area contributed by atoms with Crippen LogP contribution in [0, 0.1) is 6.92 Å². The lowest BCUT2D eigenvalue weighted by Gasteiger charge is -2.29. The van der Waals surface area contributed by atoms with Gasteiger partial charge in [-0.2, -0.15) is 0 Å². The first-order valence-electron chi connectivity index (χ1n) is 13.1. The molecule has 10 heteroatoms. The minimum Gasteiger partial charge on any atom is -0.384 e. The third-order valence-electron chi connectivity index (χ3n) is 7.77. The van der Waals surface area contributed by atoms with Crippen molar-refractivity contribution in [3.8, 4) is 0 Å². The third kappa shape index (κ3) is 4.41. The lowest BCUT2D eigenvalue weighted by Crippen LogP contribution is -2.39. The molecular formula is C29H30N8O2. The second kappa shape index (κ2) is 9.94. The van der Waals surface area contributed by atoms with Crippen LogP contribution in [-0.4, -0.2) is 37.5 Å². The number of pyridine rings is 3. The van der Waals surface area contributed by atoms with Crippen LogP contribution in [0.4, 0.5) is 11.6 Å². The molecule has 4 aromatic rings.